The molecule has 70 valence electrons. The topological polar surface area (TPSA) is 46.6 Å². The summed E-state index contributed by atoms with van der Waals surface area (Å²) in [6.45, 7) is -0.0216. The lowest BCUT2D eigenvalue weighted by Gasteiger charge is -2.14. The van der Waals surface area contributed by atoms with Gasteiger partial charge in [0.25, 0.3) is 0 Å². The Balaban J connectivity index is 3.78. The Morgan fingerprint density at radius 1 is 1.50 bits per heavy atom. The van der Waals surface area contributed by atoms with E-state index in [1.54, 1.807) is 0 Å². The number of ether oxygens (including phenoxy) is 1. The number of halogens is 1. The highest BCUT2D eigenvalue weighted by atomic mass is 35.5. The third-order valence-corrected chi connectivity index (χ3v) is 1.52. The molecule has 0 fully saturated rings. The van der Waals surface area contributed by atoms with Crippen LogP contribution in [0.15, 0.2) is 0 Å². The van der Waals surface area contributed by atoms with Gasteiger partial charge in [0.2, 0.25) is 5.91 Å². The molecule has 0 aromatic rings. The number of likely N-dealkylation sites (N-methyl/N-ethyl adjacent to an activating group) is 1. The average molecular weight is 194 g/mol. The van der Waals surface area contributed by atoms with Gasteiger partial charge in [-0.25, -0.2) is 0 Å². The molecule has 0 rings (SSSR count). The number of nitrogens with zero attached hydrogens (tertiary/aromatic N) is 1. The number of rotatable bonds is 4. The quantitative estimate of drug-likeness (QED) is 0.475. The van der Waals surface area contributed by atoms with Gasteiger partial charge in [-0.1, -0.05) is 0 Å². The van der Waals surface area contributed by atoms with Crippen LogP contribution in [0.25, 0.3) is 0 Å². The summed E-state index contributed by atoms with van der Waals surface area (Å²) in [7, 11) is 2.81. The van der Waals surface area contributed by atoms with E-state index in [1.807, 2.05) is 0 Å². The van der Waals surface area contributed by atoms with Crippen LogP contribution in [0.1, 0.15) is 6.42 Å². The van der Waals surface area contributed by atoms with Gasteiger partial charge in [0.05, 0.1) is 7.11 Å². The molecule has 0 saturated heterocycles. The Hall–Kier alpha value is -0.770. The largest absolute Gasteiger partial charge is 0.468 e. The summed E-state index contributed by atoms with van der Waals surface area (Å²) in [5.74, 6) is -0.319. The first kappa shape index (κ1) is 11.2. The molecular weight excluding hydrogens is 182 g/mol. The minimum atomic E-state index is -0.430. The molecule has 0 N–H and O–H groups in total. The lowest BCUT2D eigenvalue weighted by atomic mass is 10.4. The molecule has 12 heavy (non-hydrogen) atoms. The van der Waals surface area contributed by atoms with E-state index in [9.17, 15) is 9.59 Å². The van der Waals surface area contributed by atoms with Gasteiger partial charge in [-0.2, -0.15) is 0 Å². The lowest BCUT2D eigenvalue weighted by Crippen LogP contribution is -2.32. The van der Waals surface area contributed by atoms with E-state index in [2.05, 4.69) is 4.74 Å². The van der Waals surface area contributed by atoms with E-state index in [1.165, 1.54) is 19.1 Å². The van der Waals surface area contributed by atoms with Crippen LogP contribution in [0.4, 0.5) is 0 Å². The molecule has 0 atom stereocenters. The number of hydrogen-bond acceptors (Lipinski definition) is 3. The molecule has 0 aliphatic rings. The number of methoxy groups -OCH3 is 1. The summed E-state index contributed by atoms with van der Waals surface area (Å²) in [5.41, 5.74) is 0. The number of esters is 1. The standard InChI is InChI=1S/C7H12ClNO3/c1-9(5-7(11)12-2)6(10)3-4-8/h3-5H2,1-2H3. The predicted octanol–water partition coefficient (Wildman–Crippen LogP) is 0.247. The van der Waals surface area contributed by atoms with Crippen molar-refractivity contribution in [1.82, 2.24) is 4.90 Å². The van der Waals surface area contributed by atoms with Gasteiger partial charge in [0, 0.05) is 19.3 Å². The molecule has 5 heteroatoms. The number of amides is 1. The summed E-state index contributed by atoms with van der Waals surface area (Å²) in [5, 5.41) is 0. The molecule has 0 aliphatic carbocycles. The second-order valence-electron chi connectivity index (χ2n) is 2.26. The van der Waals surface area contributed by atoms with Crippen LogP contribution >= 0.6 is 11.6 Å². The molecule has 0 aliphatic heterocycles. The van der Waals surface area contributed by atoms with Crippen LogP contribution < -0.4 is 0 Å². The van der Waals surface area contributed by atoms with Gasteiger partial charge in [-0.15, -0.1) is 11.6 Å². The summed E-state index contributed by atoms with van der Waals surface area (Å²) < 4.78 is 4.38. The van der Waals surface area contributed by atoms with Crippen molar-refractivity contribution in [2.24, 2.45) is 0 Å². The summed E-state index contributed by atoms with van der Waals surface area (Å²) in [4.78, 5) is 23.0. The Morgan fingerprint density at radius 2 is 2.08 bits per heavy atom. The number of carbonyl (C=O) groups excluding carboxylic acids is 2. The van der Waals surface area contributed by atoms with E-state index in [0.29, 0.717) is 0 Å². The Kier molecular flexibility index (Phi) is 5.45. The summed E-state index contributed by atoms with van der Waals surface area (Å²) >= 11 is 5.35. The van der Waals surface area contributed by atoms with Gasteiger partial charge < -0.3 is 9.64 Å². The van der Waals surface area contributed by atoms with Crippen molar-refractivity contribution in [2.75, 3.05) is 26.6 Å². The van der Waals surface area contributed by atoms with Crippen LogP contribution in [0, 0.1) is 0 Å². The Morgan fingerprint density at radius 3 is 2.50 bits per heavy atom. The zero-order valence-electron chi connectivity index (χ0n) is 7.17. The molecule has 0 saturated carbocycles. The minimum Gasteiger partial charge on any atom is -0.468 e. The van der Waals surface area contributed by atoms with Crippen LogP contribution in [-0.4, -0.2) is 43.4 Å². The van der Waals surface area contributed by atoms with Crippen molar-refractivity contribution in [2.45, 2.75) is 6.42 Å². The van der Waals surface area contributed by atoms with E-state index < -0.39 is 5.97 Å². The van der Waals surface area contributed by atoms with Crippen molar-refractivity contribution < 1.29 is 14.3 Å². The zero-order chi connectivity index (χ0) is 9.56. The SMILES string of the molecule is COC(=O)CN(C)C(=O)CCCl. The first-order valence-corrected chi connectivity index (χ1v) is 4.02. The third kappa shape index (κ3) is 4.18. The second kappa shape index (κ2) is 5.83. The van der Waals surface area contributed by atoms with Gasteiger partial charge >= 0.3 is 5.97 Å². The molecule has 0 heterocycles. The molecule has 0 radical (unpaired) electrons. The highest BCUT2D eigenvalue weighted by Gasteiger charge is 2.11. The fraction of sp³-hybridized carbons (Fsp3) is 0.714. The highest BCUT2D eigenvalue weighted by molar-refractivity contribution is 6.18. The van der Waals surface area contributed by atoms with Crippen molar-refractivity contribution in [3.05, 3.63) is 0 Å². The molecule has 4 nitrogen and oxygen atoms in total. The maximum Gasteiger partial charge on any atom is 0.325 e. The number of hydrogen-bond donors (Lipinski definition) is 0. The van der Waals surface area contributed by atoms with E-state index >= 15 is 0 Å². The minimum absolute atomic E-state index is 0.0216. The maximum atomic E-state index is 11.0. The van der Waals surface area contributed by atoms with Crippen LogP contribution in [-0.2, 0) is 14.3 Å². The lowest BCUT2D eigenvalue weighted by molar-refractivity contribution is -0.146. The fourth-order valence-electron chi connectivity index (χ4n) is 0.618. The predicted molar refractivity (Wildman–Crippen MR) is 45.0 cm³/mol. The average Bonchev–Trinajstić information content (AvgIpc) is 2.04. The van der Waals surface area contributed by atoms with E-state index in [0.717, 1.165) is 0 Å². The Labute approximate surface area is 76.4 Å². The molecule has 0 aromatic carbocycles. The van der Waals surface area contributed by atoms with Crippen LogP contribution in [0.3, 0.4) is 0 Å². The smallest absolute Gasteiger partial charge is 0.325 e. The van der Waals surface area contributed by atoms with Gasteiger partial charge in [0.1, 0.15) is 6.54 Å². The number of carbonyl (C=O) groups is 2. The van der Waals surface area contributed by atoms with Crippen molar-refractivity contribution in [3.8, 4) is 0 Å². The summed E-state index contributed by atoms with van der Waals surface area (Å²) in [6, 6.07) is 0. The van der Waals surface area contributed by atoms with E-state index in [4.69, 9.17) is 11.6 Å². The van der Waals surface area contributed by atoms with Crippen LogP contribution in [0.2, 0.25) is 0 Å². The summed E-state index contributed by atoms with van der Waals surface area (Å²) in [6.07, 6.45) is 0.245. The first-order valence-electron chi connectivity index (χ1n) is 3.48. The third-order valence-electron chi connectivity index (χ3n) is 1.33. The molecule has 0 bridgehead atoms. The van der Waals surface area contributed by atoms with Crippen molar-refractivity contribution in [1.29, 1.82) is 0 Å². The van der Waals surface area contributed by atoms with Gasteiger partial charge in [-0.3, -0.25) is 9.59 Å². The molecule has 0 unspecified atom stereocenters. The normalized spacial score (nSPS) is 9.25. The van der Waals surface area contributed by atoms with Gasteiger partial charge in [-0.05, 0) is 0 Å². The van der Waals surface area contributed by atoms with E-state index in [-0.39, 0.29) is 24.8 Å². The molecular formula is C7H12ClNO3. The fourth-order valence-corrected chi connectivity index (χ4v) is 0.780. The highest BCUT2D eigenvalue weighted by Crippen LogP contribution is 1.93. The number of alkyl halides is 1. The monoisotopic (exact) mass is 193 g/mol. The molecule has 0 aromatic heterocycles. The zero-order valence-corrected chi connectivity index (χ0v) is 7.93. The maximum absolute atomic E-state index is 11.0. The van der Waals surface area contributed by atoms with Gasteiger partial charge in [0.15, 0.2) is 0 Å². The molecule has 1 amide bonds. The van der Waals surface area contributed by atoms with Crippen molar-refractivity contribution >= 4 is 23.5 Å². The first-order chi connectivity index (χ1) is 5.61. The molecule has 0 spiro atoms. The van der Waals surface area contributed by atoms with Crippen LogP contribution in [0.5, 0.6) is 0 Å². The Bertz CT molecular complexity index is 172. The van der Waals surface area contributed by atoms with Crippen molar-refractivity contribution in [3.63, 3.8) is 0 Å². The second-order valence-corrected chi connectivity index (χ2v) is 2.64.